The SMILES string of the molecule is C1=CC2=C3C(=CC=C4C=CC(c5cc(-c6ccc(-c7cnc8ccccc8c7)cc6)nc(-c6ccc(-c7cnc8ccccc8c7)cc6)n5)=C(C=C2)C43)C1. The number of hydrogen-bond donors (Lipinski definition) is 0. The fourth-order valence-corrected chi connectivity index (χ4v) is 8.30. The molecule has 1 unspecified atom stereocenters. The second kappa shape index (κ2) is 12.3. The molecule has 11 rings (SSSR count). The number of allylic oxidation sites excluding steroid dienone is 14. The summed E-state index contributed by atoms with van der Waals surface area (Å²) in [4.78, 5) is 19.9. The van der Waals surface area contributed by atoms with Crippen molar-refractivity contribution < 1.29 is 0 Å². The molecular formula is C50H32N4. The van der Waals surface area contributed by atoms with Crippen molar-refractivity contribution in [1.82, 2.24) is 19.9 Å². The van der Waals surface area contributed by atoms with Crippen molar-refractivity contribution in [2.75, 3.05) is 0 Å². The molecule has 3 heterocycles. The number of fused-ring (bicyclic) bond motifs is 2. The fraction of sp³-hybridized carbons (Fsp3) is 0.0400. The Balaban J connectivity index is 1.02. The maximum Gasteiger partial charge on any atom is 0.160 e. The topological polar surface area (TPSA) is 51.6 Å². The first-order chi connectivity index (χ1) is 26.7. The van der Waals surface area contributed by atoms with Gasteiger partial charge in [-0.3, -0.25) is 9.97 Å². The van der Waals surface area contributed by atoms with E-state index in [1.54, 1.807) is 0 Å². The Morgan fingerprint density at radius 3 is 1.83 bits per heavy atom. The minimum Gasteiger partial charge on any atom is -0.256 e. The van der Waals surface area contributed by atoms with Crippen LogP contribution in [-0.2, 0) is 0 Å². The van der Waals surface area contributed by atoms with Gasteiger partial charge in [0, 0.05) is 56.9 Å². The predicted octanol–water partition coefficient (Wildman–Crippen LogP) is 11.9. The molecule has 0 spiro atoms. The van der Waals surface area contributed by atoms with Crippen molar-refractivity contribution in [3.05, 3.63) is 210 Å². The van der Waals surface area contributed by atoms with E-state index in [0.717, 1.165) is 78.6 Å². The quantitative estimate of drug-likeness (QED) is 0.181. The maximum atomic E-state index is 5.31. The normalized spacial score (nSPS) is 16.9. The van der Waals surface area contributed by atoms with Gasteiger partial charge in [0.15, 0.2) is 5.82 Å². The molecule has 0 N–H and O–H groups in total. The molecular weight excluding hydrogens is 657 g/mol. The second-order valence-electron chi connectivity index (χ2n) is 14.3. The highest BCUT2D eigenvalue weighted by Crippen LogP contribution is 2.49. The zero-order valence-corrected chi connectivity index (χ0v) is 29.3. The van der Waals surface area contributed by atoms with E-state index in [2.05, 4.69) is 140 Å². The van der Waals surface area contributed by atoms with E-state index in [9.17, 15) is 0 Å². The van der Waals surface area contributed by atoms with Crippen LogP contribution in [0.1, 0.15) is 12.1 Å². The third-order valence-electron chi connectivity index (χ3n) is 11.1. The van der Waals surface area contributed by atoms with Crippen LogP contribution in [0.3, 0.4) is 0 Å². The Labute approximate surface area is 313 Å². The molecule has 4 aromatic carbocycles. The van der Waals surface area contributed by atoms with Crippen LogP contribution in [-0.4, -0.2) is 19.9 Å². The minimum atomic E-state index is 0.210. The molecule has 4 aliphatic rings. The molecule has 0 saturated carbocycles. The highest BCUT2D eigenvalue weighted by atomic mass is 14.9. The molecule has 0 saturated heterocycles. The molecule has 0 bridgehead atoms. The first-order valence-corrected chi connectivity index (χ1v) is 18.4. The average Bonchev–Trinajstić information content (AvgIpc) is 3.25. The van der Waals surface area contributed by atoms with Crippen molar-refractivity contribution in [2.45, 2.75) is 6.42 Å². The van der Waals surface area contributed by atoms with Crippen LogP contribution in [0.4, 0.5) is 0 Å². The van der Waals surface area contributed by atoms with Gasteiger partial charge in [-0.25, -0.2) is 9.97 Å². The van der Waals surface area contributed by atoms with Gasteiger partial charge in [-0.05, 0) is 75.7 Å². The van der Waals surface area contributed by atoms with E-state index in [4.69, 9.17) is 19.9 Å². The monoisotopic (exact) mass is 688 g/mol. The number of pyridine rings is 2. The van der Waals surface area contributed by atoms with E-state index in [0.29, 0.717) is 5.82 Å². The Morgan fingerprint density at radius 2 is 1.13 bits per heavy atom. The molecule has 0 radical (unpaired) electrons. The lowest BCUT2D eigenvalue weighted by atomic mass is 9.67. The number of para-hydroxylation sites is 2. The van der Waals surface area contributed by atoms with E-state index >= 15 is 0 Å². The molecule has 1 atom stereocenters. The zero-order valence-electron chi connectivity index (χ0n) is 29.3. The van der Waals surface area contributed by atoms with Crippen LogP contribution >= 0.6 is 0 Å². The van der Waals surface area contributed by atoms with Crippen molar-refractivity contribution >= 4 is 27.4 Å². The molecule has 4 aliphatic carbocycles. The lowest BCUT2D eigenvalue weighted by Crippen LogP contribution is -2.22. The van der Waals surface area contributed by atoms with Gasteiger partial charge in [-0.2, -0.15) is 0 Å². The van der Waals surface area contributed by atoms with Crippen LogP contribution in [0, 0.1) is 5.92 Å². The Kier molecular flexibility index (Phi) is 6.96. The molecule has 4 nitrogen and oxygen atoms in total. The summed E-state index contributed by atoms with van der Waals surface area (Å²) in [6, 6.07) is 40.2. The molecule has 4 heteroatoms. The minimum absolute atomic E-state index is 0.210. The summed E-state index contributed by atoms with van der Waals surface area (Å²) in [6.07, 6.45) is 23.1. The average molecular weight is 689 g/mol. The van der Waals surface area contributed by atoms with Gasteiger partial charge in [0.25, 0.3) is 0 Å². The second-order valence-corrected chi connectivity index (χ2v) is 14.3. The summed E-state index contributed by atoms with van der Waals surface area (Å²) in [7, 11) is 0. The van der Waals surface area contributed by atoms with Gasteiger partial charge in [-0.15, -0.1) is 0 Å². The summed E-state index contributed by atoms with van der Waals surface area (Å²) in [5, 5.41) is 2.25. The smallest absolute Gasteiger partial charge is 0.160 e. The highest BCUT2D eigenvalue weighted by molar-refractivity contribution is 5.88. The molecule has 0 aliphatic heterocycles. The largest absolute Gasteiger partial charge is 0.256 e. The Morgan fingerprint density at radius 1 is 0.500 bits per heavy atom. The lowest BCUT2D eigenvalue weighted by molar-refractivity contribution is 0.834. The van der Waals surface area contributed by atoms with E-state index in [1.807, 2.05) is 36.7 Å². The molecule has 3 aromatic heterocycles. The van der Waals surface area contributed by atoms with Gasteiger partial charge in [0.05, 0.1) is 22.4 Å². The van der Waals surface area contributed by atoms with Gasteiger partial charge < -0.3 is 0 Å². The molecule has 0 amide bonds. The number of benzene rings is 4. The first kappa shape index (κ1) is 30.6. The summed E-state index contributed by atoms with van der Waals surface area (Å²) >= 11 is 0. The van der Waals surface area contributed by atoms with Crippen LogP contribution in [0.15, 0.2) is 204 Å². The van der Waals surface area contributed by atoms with E-state index in [1.165, 1.54) is 27.9 Å². The summed E-state index contributed by atoms with van der Waals surface area (Å²) in [5.74, 6) is 0.905. The summed E-state index contributed by atoms with van der Waals surface area (Å²) in [5.41, 5.74) is 18.1. The third-order valence-corrected chi connectivity index (χ3v) is 11.1. The molecule has 7 aromatic rings. The van der Waals surface area contributed by atoms with Crippen LogP contribution in [0.2, 0.25) is 0 Å². The van der Waals surface area contributed by atoms with E-state index in [-0.39, 0.29) is 5.92 Å². The maximum absolute atomic E-state index is 5.31. The van der Waals surface area contributed by atoms with Gasteiger partial charge in [0.2, 0.25) is 0 Å². The van der Waals surface area contributed by atoms with Crippen LogP contribution < -0.4 is 0 Å². The van der Waals surface area contributed by atoms with Gasteiger partial charge in [-0.1, -0.05) is 134 Å². The first-order valence-electron chi connectivity index (χ1n) is 18.4. The third kappa shape index (κ3) is 5.14. The Bertz CT molecular complexity index is 2790. The number of hydrogen-bond acceptors (Lipinski definition) is 4. The zero-order chi connectivity index (χ0) is 35.6. The van der Waals surface area contributed by atoms with E-state index < -0.39 is 0 Å². The molecule has 54 heavy (non-hydrogen) atoms. The van der Waals surface area contributed by atoms with Crippen LogP contribution in [0.5, 0.6) is 0 Å². The Hall–Kier alpha value is -7.04. The molecule has 252 valence electrons. The number of nitrogens with zero attached hydrogens (tertiary/aromatic N) is 4. The lowest BCUT2D eigenvalue weighted by Gasteiger charge is -2.36. The highest BCUT2D eigenvalue weighted by Gasteiger charge is 2.34. The predicted molar refractivity (Wildman–Crippen MR) is 220 cm³/mol. The standard InChI is InChI=1S/C50H32N4/c1-3-10-44-38(6-1)26-40(29-51-44)31-12-16-33(17-13-31)46-28-47(42-24-22-36-19-18-34-8-5-9-35-23-25-43(42)49(36)48(34)35)54-50(53-46)37-20-14-32(15-21-37)41-27-39-7-2-4-11-45(39)52-30-41/h1-7,9-30,49H,8H2. The summed E-state index contributed by atoms with van der Waals surface area (Å²) < 4.78 is 0. The molecule has 0 fully saturated rings. The number of rotatable bonds is 5. The van der Waals surface area contributed by atoms with Crippen molar-refractivity contribution in [3.8, 4) is 44.9 Å². The number of aromatic nitrogens is 4. The van der Waals surface area contributed by atoms with Crippen molar-refractivity contribution in [2.24, 2.45) is 5.92 Å². The van der Waals surface area contributed by atoms with Gasteiger partial charge >= 0.3 is 0 Å². The fourth-order valence-electron chi connectivity index (χ4n) is 8.30. The summed E-state index contributed by atoms with van der Waals surface area (Å²) in [6.45, 7) is 0. The van der Waals surface area contributed by atoms with Crippen LogP contribution in [0.25, 0.3) is 72.3 Å². The van der Waals surface area contributed by atoms with Crippen molar-refractivity contribution in [3.63, 3.8) is 0 Å². The van der Waals surface area contributed by atoms with Gasteiger partial charge in [0.1, 0.15) is 0 Å². The van der Waals surface area contributed by atoms with Crippen molar-refractivity contribution in [1.29, 1.82) is 0 Å².